The second-order valence-electron chi connectivity index (χ2n) is 4.80. The lowest BCUT2D eigenvalue weighted by atomic mass is 9.99. The Balaban J connectivity index is 2.08. The van der Waals surface area contributed by atoms with Crippen LogP contribution in [0.2, 0.25) is 0 Å². The molecule has 0 radical (unpaired) electrons. The molecule has 2 nitrogen and oxygen atoms in total. The van der Waals surface area contributed by atoms with E-state index in [0.717, 1.165) is 44.6 Å². The van der Waals surface area contributed by atoms with Crippen molar-refractivity contribution >= 4 is 0 Å². The van der Waals surface area contributed by atoms with Crippen molar-refractivity contribution in [2.24, 2.45) is 0 Å². The Morgan fingerprint density at radius 2 is 2.39 bits per heavy atom. The number of ether oxygens (including phenoxy) is 1. The van der Waals surface area contributed by atoms with Crippen molar-refractivity contribution in [3.8, 4) is 18.1 Å². The van der Waals surface area contributed by atoms with Gasteiger partial charge in [0.1, 0.15) is 5.75 Å². The highest BCUT2D eigenvalue weighted by atomic mass is 16.5. The fourth-order valence-corrected chi connectivity index (χ4v) is 2.44. The van der Waals surface area contributed by atoms with Gasteiger partial charge in [0.05, 0.1) is 6.61 Å². The first-order valence-electron chi connectivity index (χ1n) is 6.72. The standard InChI is InChI=1S/C16H21NO/c1-3-4-5-11-17-15-10-7-12-18-16-13(2)8-6-9-14(15)16/h1,6,8-9,15,17H,4-5,7,10-12H2,2H3. The smallest absolute Gasteiger partial charge is 0.126 e. The largest absolute Gasteiger partial charge is 0.493 e. The summed E-state index contributed by atoms with van der Waals surface area (Å²) in [6, 6.07) is 6.80. The lowest BCUT2D eigenvalue weighted by Gasteiger charge is -2.19. The Hall–Kier alpha value is -1.46. The number of para-hydroxylation sites is 1. The van der Waals surface area contributed by atoms with E-state index in [0.29, 0.717) is 6.04 Å². The van der Waals surface area contributed by atoms with Gasteiger partial charge in [-0.25, -0.2) is 0 Å². The molecule has 0 aromatic heterocycles. The third-order valence-electron chi connectivity index (χ3n) is 3.39. The average Bonchev–Trinajstić information content (AvgIpc) is 2.58. The molecule has 0 aliphatic carbocycles. The van der Waals surface area contributed by atoms with E-state index in [4.69, 9.17) is 11.2 Å². The van der Waals surface area contributed by atoms with Gasteiger partial charge in [0.15, 0.2) is 0 Å². The lowest BCUT2D eigenvalue weighted by molar-refractivity contribution is 0.313. The van der Waals surface area contributed by atoms with Gasteiger partial charge >= 0.3 is 0 Å². The third kappa shape index (κ3) is 3.05. The number of aryl methyl sites for hydroxylation is 1. The first-order chi connectivity index (χ1) is 8.83. The van der Waals surface area contributed by atoms with E-state index in [-0.39, 0.29) is 0 Å². The van der Waals surface area contributed by atoms with Gasteiger partial charge in [-0.15, -0.1) is 12.3 Å². The molecule has 1 N–H and O–H groups in total. The van der Waals surface area contributed by atoms with Crippen molar-refractivity contribution in [2.75, 3.05) is 13.2 Å². The molecule has 0 spiro atoms. The fraction of sp³-hybridized carbons (Fsp3) is 0.500. The highest BCUT2D eigenvalue weighted by molar-refractivity contribution is 5.43. The first kappa shape index (κ1) is 13.0. The van der Waals surface area contributed by atoms with Gasteiger partial charge in [-0.1, -0.05) is 18.2 Å². The van der Waals surface area contributed by atoms with E-state index >= 15 is 0 Å². The topological polar surface area (TPSA) is 21.3 Å². The molecule has 0 amide bonds. The van der Waals surface area contributed by atoms with E-state index in [1.165, 1.54) is 11.1 Å². The molecule has 0 saturated heterocycles. The monoisotopic (exact) mass is 243 g/mol. The molecule has 1 aliphatic rings. The predicted molar refractivity (Wildman–Crippen MR) is 74.7 cm³/mol. The first-order valence-corrected chi connectivity index (χ1v) is 6.72. The van der Waals surface area contributed by atoms with Gasteiger partial charge in [0.25, 0.3) is 0 Å². The molecule has 18 heavy (non-hydrogen) atoms. The highest BCUT2D eigenvalue weighted by Gasteiger charge is 2.19. The summed E-state index contributed by atoms with van der Waals surface area (Å²) in [4.78, 5) is 0. The van der Waals surface area contributed by atoms with Crippen molar-refractivity contribution in [1.29, 1.82) is 0 Å². The molecule has 1 aromatic rings. The number of unbranched alkanes of at least 4 members (excludes halogenated alkanes) is 1. The Labute approximate surface area is 110 Å². The van der Waals surface area contributed by atoms with Gasteiger partial charge in [-0.3, -0.25) is 0 Å². The van der Waals surface area contributed by atoms with Crippen LogP contribution in [0.3, 0.4) is 0 Å². The molecule has 2 heteroatoms. The summed E-state index contributed by atoms with van der Waals surface area (Å²) in [5.41, 5.74) is 2.53. The van der Waals surface area contributed by atoms with Crippen LogP contribution in [0, 0.1) is 19.3 Å². The summed E-state index contributed by atoms with van der Waals surface area (Å²) >= 11 is 0. The second-order valence-corrected chi connectivity index (χ2v) is 4.80. The maximum Gasteiger partial charge on any atom is 0.126 e. The molecule has 1 heterocycles. The van der Waals surface area contributed by atoms with Crippen molar-refractivity contribution in [1.82, 2.24) is 5.32 Å². The number of nitrogens with one attached hydrogen (secondary N) is 1. The molecule has 1 aromatic carbocycles. The van der Waals surface area contributed by atoms with Crippen LogP contribution in [0.4, 0.5) is 0 Å². The Kier molecular flexibility index (Phi) is 4.66. The Morgan fingerprint density at radius 1 is 1.50 bits per heavy atom. The Bertz CT molecular complexity index is 433. The molecule has 0 fully saturated rings. The quantitative estimate of drug-likeness (QED) is 0.647. The molecule has 0 saturated carbocycles. The SMILES string of the molecule is C#CCCCNC1CCCOc2c(C)cccc21. The average molecular weight is 243 g/mol. The molecule has 1 atom stereocenters. The van der Waals surface area contributed by atoms with Crippen molar-refractivity contribution in [3.05, 3.63) is 29.3 Å². The van der Waals surface area contributed by atoms with Crippen LogP contribution in [0.25, 0.3) is 0 Å². The number of fused-ring (bicyclic) bond motifs is 1. The van der Waals surface area contributed by atoms with Gasteiger partial charge in [-0.2, -0.15) is 0 Å². The van der Waals surface area contributed by atoms with E-state index in [1.807, 2.05) is 0 Å². The molecule has 2 rings (SSSR count). The molecular weight excluding hydrogens is 222 g/mol. The predicted octanol–water partition coefficient (Wildman–Crippen LogP) is 3.21. The highest BCUT2D eigenvalue weighted by Crippen LogP contribution is 2.33. The van der Waals surface area contributed by atoms with E-state index in [2.05, 4.69) is 36.4 Å². The fourth-order valence-electron chi connectivity index (χ4n) is 2.44. The summed E-state index contributed by atoms with van der Waals surface area (Å²) in [6.07, 6.45) is 9.38. The number of hydrogen-bond acceptors (Lipinski definition) is 2. The Morgan fingerprint density at radius 3 is 3.22 bits per heavy atom. The van der Waals surface area contributed by atoms with Crippen molar-refractivity contribution in [2.45, 2.75) is 38.6 Å². The summed E-state index contributed by atoms with van der Waals surface area (Å²) in [6.45, 7) is 3.90. The third-order valence-corrected chi connectivity index (χ3v) is 3.39. The van der Waals surface area contributed by atoms with Gasteiger partial charge in [0.2, 0.25) is 0 Å². The normalized spacial score (nSPS) is 18.3. The van der Waals surface area contributed by atoms with Crippen LogP contribution in [0.15, 0.2) is 18.2 Å². The maximum atomic E-state index is 5.86. The number of terminal acetylenes is 1. The van der Waals surface area contributed by atoms with Crippen LogP contribution in [-0.4, -0.2) is 13.2 Å². The summed E-state index contributed by atoms with van der Waals surface area (Å²) in [7, 11) is 0. The van der Waals surface area contributed by atoms with Crippen LogP contribution in [0.1, 0.15) is 42.9 Å². The van der Waals surface area contributed by atoms with Gasteiger partial charge in [-0.05, 0) is 38.3 Å². The second kappa shape index (κ2) is 6.47. The summed E-state index contributed by atoms with van der Waals surface area (Å²) in [5, 5.41) is 3.60. The minimum atomic E-state index is 0.403. The number of benzene rings is 1. The van der Waals surface area contributed by atoms with Crippen LogP contribution < -0.4 is 10.1 Å². The minimum absolute atomic E-state index is 0.403. The molecule has 1 aliphatic heterocycles. The van der Waals surface area contributed by atoms with E-state index in [1.54, 1.807) is 0 Å². The summed E-state index contributed by atoms with van der Waals surface area (Å²) in [5.74, 6) is 3.75. The van der Waals surface area contributed by atoms with Crippen LogP contribution in [-0.2, 0) is 0 Å². The number of hydrogen-bond donors (Lipinski definition) is 1. The molecule has 0 bridgehead atoms. The molecule has 96 valence electrons. The molecule has 1 unspecified atom stereocenters. The lowest BCUT2D eigenvalue weighted by Crippen LogP contribution is -2.22. The zero-order chi connectivity index (χ0) is 12.8. The van der Waals surface area contributed by atoms with Crippen LogP contribution >= 0.6 is 0 Å². The summed E-state index contributed by atoms with van der Waals surface area (Å²) < 4.78 is 5.86. The van der Waals surface area contributed by atoms with Gasteiger partial charge < -0.3 is 10.1 Å². The van der Waals surface area contributed by atoms with E-state index in [9.17, 15) is 0 Å². The minimum Gasteiger partial charge on any atom is -0.493 e. The number of rotatable bonds is 4. The van der Waals surface area contributed by atoms with Crippen molar-refractivity contribution in [3.63, 3.8) is 0 Å². The van der Waals surface area contributed by atoms with E-state index < -0.39 is 0 Å². The molecular formula is C16H21NO. The van der Waals surface area contributed by atoms with Gasteiger partial charge in [0, 0.05) is 18.0 Å². The maximum absolute atomic E-state index is 5.86. The van der Waals surface area contributed by atoms with Crippen LogP contribution in [0.5, 0.6) is 5.75 Å². The zero-order valence-electron chi connectivity index (χ0n) is 11.0. The zero-order valence-corrected chi connectivity index (χ0v) is 11.0. The van der Waals surface area contributed by atoms with Crippen molar-refractivity contribution < 1.29 is 4.74 Å².